The summed E-state index contributed by atoms with van der Waals surface area (Å²) in [5, 5.41) is 8.61. The number of hydrogen-bond donors (Lipinski definition) is 0. The van der Waals surface area contributed by atoms with Gasteiger partial charge in [-0.3, -0.25) is 14.1 Å². The summed E-state index contributed by atoms with van der Waals surface area (Å²) in [5.74, 6) is 0.890. The fourth-order valence-corrected chi connectivity index (χ4v) is 4.73. The summed E-state index contributed by atoms with van der Waals surface area (Å²) in [6, 6.07) is 14.5. The van der Waals surface area contributed by atoms with Crippen LogP contribution in [0.2, 0.25) is 0 Å². The Morgan fingerprint density at radius 2 is 1.66 bits per heavy atom. The minimum atomic E-state index is 0.0973. The van der Waals surface area contributed by atoms with E-state index in [-0.39, 0.29) is 5.91 Å². The van der Waals surface area contributed by atoms with E-state index in [2.05, 4.69) is 15.1 Å². The second-order valence-electron chi connectivity index (χ2n) is 8.15. The number of fused-ring (bicyclic) bond motifs is 1. The first-order valence-electron chi connectivity index (χ1n) is 10.7. The van der Waals surface area contributed by atoms with Gasteiger partial charge in [-0.15, -0.1) is 10.2 Å². The summed E-state index contributed by atoms with van der Waals surface area (Å²) < 4.78 is 1.94. The van der Waals surface area contributed by atoms with E-state index in [9.17, 15) is 4.79 Å². The predicted octanol–water partition coefficient (Wildman–Crippen LogP) is 3.49. The van der Waals surface area contributed by atoms with Gasteiger partial charge in [0.15, 0.2) is 11.5 Å². The lowest BCUT2D eigenvalue weighted by Gasteiger charge is -2.40. The molecule has 1 amide bonds. The molecule has 2 aromatic heterocycles. The molecular weight excluding hydrogens is 362 g/mol. The van der Waals surface area contributed by atoms with Crippen LogP contribution in [0.5, 0.6) is 0 Å². The molecule has 6 heteroatoms. The second-order valence-corrected chi connectivity index (χ2v) is 8.15. The lowest BCUT2D eigenvalue weighted by Crippen LogP contribution is -2.52. The number of piperazine rings is 1. The van der Waals surface area contributed by atoms with Crippen molar-refractivity contribution in [1.29, 1.82) is 0 Å². The number of carbonyl (C=O) groups is 1. The average Bonchev–Trinajstić information content (AvgIpc) is 3.23. The number of rotatable bonds is 3. The fourth-order valence-electron chi connectivity index (χ4n) is 4.73. The zero-order valence-electron chi connectivity index (χ0n) is 16.7. The van der Waals surface area contributed by atoms with Gasteiger partial charge in [-0.05, 0) is 25.0 Å². The van der Waals surface area contributed by atoms with Crippen molar-refractivity contribution in [3.63, 3.8) is 0 Å². The lowest BCUT2D eigenvalue weighted by atomic mass is 9.94. The minimum absolute atomic E-state index is 0.0973. The molecule has 1 saturated carbocycles. The van der Waals surface area contributed by atoms with Gasteiger partial charge in [0, 0.05) is 49.5 Å². The molecule has 5 rings (SSSR count). The molecule has 1 aliphatic heterocycles. The summed E-state index contributed by atoms with van der Waals surface area (Å²) in [5.41, 5.74) is 2.41. The summed E-state index contributed by atoms with van der Waals surface area (Å²) in [6.45, 7) is 3.59. The van der Waals surface area contributed by atoms with E-state index in [1.165, 1.54) is 32.1 Å². The summed E-state index contributed by atoms with van der Waals surface area (Å²) in [7, 11) is 0. The Hall–Kier alpha value is -2.73. The van der Waals surface area contributed by atoms with Crippen molar-refractivity contribution < 1.29 is 4.79 Å². The SMILES string of the molecule is O=C(c1ccn2c(-c3ccccc3)nnc2c1)N1CCN(C2CCCCC2)CC1. The molecular formula is C23H27N5O. The van der Waals surface area contributed by atoms with Gasteiger partial charge in [-0.1, -0.05) is 49.6 Å². The van der Waals surface area contributed by atoms with Crippen molar-refractivity contribution in [2.45, 2.75) is 38.1 Å². The van der Waals surface area contributed by atoms with Crippen molar-refractivity contribution in [2.75, 3.05) is 26.2 Å². The van der Waals surface area contributed by atoms with Crippen LogP contribution in [0, 0.1) is 0 Å². The molecule has 2 fully saturated rings. The zero-order chi connectivity index (χ0) is 19.6. The molecule has 1 aliphatic carbocycles. The van der Waals surface area contributed by atoms with Gasteiger partial charge >= 0.3 is 0 Å². The van der Waals surface area contributed by atoms with Gasteiger partial charge in [0.2, 0.25) is 0 Å². The molecule has 29 heavy (non-hydrogen) atoms. The lowest BCUT2D eigenvalue weighted by molar-refractivity contribution is 0.0523. The summed E-state index contributed by atoms with van der Waals surface area (Å²) in [4.78, 5) is 17.6. The minimum Gasteiger partial charge on any atom is -0.336 e. The highest BCUT2D eigenvalue weighted by Crippen LogP contribution is 2.24. The van der Waals surface area contributed by atoms with E-state index < -0.39 is 0 Å². The number of nitrogens with zero attached hydrogens (tertiary/aromatic N) is 5. The number of amides is 1. The van der Waals surface area contributed by atoms with Gasteiger partial charge in [-0.25, -0.2) is 0 Å². The molecule has 3 aromatic rings. The van der Waals surface area contributed by atoms with E-state index in [0.717, 1.165) is 43.6 Å². The number of carbonyl (C=O) groups excluding carboxylic acids is 1. The first-order valence-corrected chi connectivity index (χ1v) is 10.7. The number of benzene rings is 1. The Bertz CT molecular complexity index is 985. The van der Waals surface area contributed by atoms with Gasteiger partial charge in [0.1, 0.15) is 0 Å². The van der Waals surface area contributed by atoms with Crippen LogP contribution in [-0.4, -0.2) is 62.5 Å². The number of hydrogen-bond acceptors (Lipinski definition) is 4. The van der Waals surface area contributed by atoms with Crippen LogP contribution in [0.15, 0.2) is 48.7 Å². The first kappa shape index (κ1) is 18.3. The highest BCUT2D eigenvalue weighted by atomic mass is 16.2. The predicted molar refractivity (Wildman–Crippen MR) is 113 cm³/mol. The van der Waals surface area contributed by atoms with E-state index in [0.29, 0.717) is 11.2 Å². The van der Waals surface area contributed by atoms with E-state index in [1.807, 2.05) is 58.0 Å². The Morgan fingerprint density at radius 1 is 0.897 bits per heavy atom. The molecule has 0 spiro atoms. The Labute approximate surface area is 171 Å². The zero-order valence-corrected chi connectivity index (χ0v) is 16.7. The van der Waals surface area contributed by atoms with Crippen LogP contribution in [-0.2, 0) is 0 Å². The van der Waals surface area contributed by atoms with E-state index >= 15 is 0 Å². The largest absolute Gasteiger partial charge is 0.336 e. The van der Waals surface area contributed by atoms with Gasteiger partial charge in [0.25, 0.3) is 5.91 Å². The molecule has 0 atom stereocenters. The van der Waals surface area contributed by atoms with Crippen LogP contribution in [0.1, 0.15) is 42.5 Å². The topological polar surface area (TPSA) is 53.7 Å². The van der Waals surface area contributed by atoms with Crippen LogP contribution in [0.3, 0.4) is 0 Å². The standard InChI is InChI=1S/C23H27N5O/c29-23(27-15-13-26(14-16-27)20-9-5-2-6-10-20)19-11-12-28-21(17-19)24-25-22(28)18-7-3-1-4-8-18/h1,3-4,7-8,11-12,17,20H,2,5-6,9-10,13-16H2. The van der Waals surface area contributed by atoms with Crippen molar-refractivity contribution >= 4 is 11.6 Å². The highest BCUT2D eigenvalue weighted by molar-refractivity contribution is 5.95. The van der Waals surface area contributed by atoms with Crippen LogP contribution in [0.25, 0.3) is 17.0 Å². The molecule has 0 unspecified atom stereocenters. The van der Waals surface area contributed by atoms with Crippen molar-refractivity contribution in [2.24, 2.45) is 0 Å². The van der Waals surface area contributed by atoms with Crippen molar-refractivity contribution in [3.05, 3.63) is 54.2 Å². The van der Waals surface area contributed by atoms with Gasteiger partial charge in [0.05, 0.1) is 0 Å². The Morgan fingerprint density at radius 3 is 2.41 bits per heavy atom. The quantitative estimate of drug-likeness (QED) is 0.688. The van der Waals surface area contributed by atoms with Crippen LogP contribution in [0.4, 0.5) is 0 Å². The molecule has 6 nitrogen and oxygen atoms in total. The summed E-state index contributed by atoms with van der Waals surface area (Å²) >= 11 is 0. The molecule has 2 aliphatic rings. The molecule has 0 bridgehead atoms. The Kier molecular flexibility index (Phi) is 5.02. The molecule has 150 valence electrons. The maximum absolute atomic E-state index is 13.1. The second kappa shape index (κ2) is 7.95. The molecule has 1 aromatic carbocycles. The first-order chi connectivity index (χ1) is 14.3. The highest BCUT2D eigenvalue weighted by Gasteiger charge is 2.27. The molecule has 1 saturated heterocycles. The number of pyridine rings is 1. The van der Waals surface area contributed by atoms with E-state index in [4.69, 9.17) is 0 Å². The Balaban J connectivity index is 1.29. The normalized spacial score (nSPS) is 19.0. The third kappa shape index (κ3) is 3.65. The molecule has 0 N–H and O–H groups in total. The third-order valence-electron chi connectivity index (χ3n) is 6.38. The van der Waals surface area contributed by atoms with Crippen LogP contribution < -0.4 is 0 Å². The summed E-state index contributed by atoms with van der Waals surface area (Å²) in [6.07, 6.45) is 8.64. The molecule has 0 radical (unpaired) electrons. The van der Waals surface area contributed by atoms with Crippen molar-refractivity contribution in [3.8, 4) is 11.4 Å². The van der Waals surface area contributed by atoms with Gasteiger partial charge < -0.3 is 4.90 Å². The van der Waals surface area contributed by atoms with Crippen molar-refractivity contribution in [1.82, 2.24) is 24.4 Å². The fraction of sp³-hybridized carbons (Fsp3) is 0.435. The smallest absolute Gasteiger partial charge is 0.254 e. The van der Waals surface area contributed by atoms with Crippen LogP contribution >= 0.6 is 0 Å². The monoisotopic (exact) mass is 389 g/mol. The van der Waals surface area contributed by atoms with Gasteiger partial charge in [-0.2, -0.15) is 0 Å². The molecule has 3 heterocycles. The maximum Gasteiger partial charge on any atom is 0.254 e. The average molecular weight is 390 g/mol. The van der Waals surface area contributed by atoms with E-state index in [1.54, 1.807) is 0 Å². The number of aromatic nitrogens is 3. The third-order valence-corrected chi connectivity index (χ3v) is 6.38. The maximum atomic E-state index is 13.1.